The monoisotopic (exact) mass is 452 g/mol. The van der Waals surface area contributed by atoms with Gasteiger partial charge in [-0.3, -0.25) is 4.79 Å². The lowest BCUT2D eigenvalue weighted by Crippen LogP contribution is -2.31. The van der Waals surface area contributed by atoms with E-state index in [9.17, 15) is 21.6 Å². The van der Waals surface area contributed by atoms with Crippen molar-refractivity contribution in [1.29, 1.82) is 0 Å². The Kier molecular flexibility index (Phi) is 6.49. The molecule has 162 valence electrons. The Bertz CT molecular complexity index is 1130. The summed E-state index contributed by atoms with van der Waals surface area (Å²) in [5.41, 5.74) is 0.956. The molecule has 1 heterocycles. The van der Waals surface area contributed by atoms with Crippen molar-refractivity contribution in [2.75, 3.05) is 23.2 Å². The summed E-state index contributed by atoms with van der Waals surface area (Å²) in [5.74, 6) is -1.49. The van der Waals surface area contributed by atoms with Gasteiger partial charge in [-0.05, 0) is 37.1 Å². The highest BCUT2D eigenvalue weighted by molar-refractivity contribution is 7.94. The van der Waals surface area contributed by atoms with Crippen LogP contribution in [0.4, 0.5) is 5.69 Å². The molecule has 1 amide bonds. The molecule has 1 saturated heterocycles. The fraction of sp³-hybridized carbons (Fsp3) is 0.350. The van der Waals surface area contributed by atoms with E-state index in [2.05, 4.69) is 4.72 Å². The molecule has 2 aromatic rings. The van der Waals surface area contributed by atoms with E-state index in [-0.39, 0.29) is 35.2 Å². The highest BCUT2D eigenvalue weighted by Gasteiger charge is 2.42. The molecule has 0 spiro atoms. The van der Waals surface area contributed by atoms with Crippen LogP contribution in [0.25, 0.3) is 0 Å². The maximum Gasteiger partial charge on any atom is 0.244 e. The molecule has 1 atom stereocenters. The second-order valence-corrected chi connectivity index (χ2v) is 10.6. The van der Waals surface area contributed by atoms with Crippen LogP contribution in [0.5, 0.6) is 5.75 Å². The number of amides is 1. The normalized spacial score (nSPS) is 18.5. The summed E-state index contributed by atoms with van der Waals surface area (Å²) in [6.07, 6.45) is 0.486. The summed E-state index contributed by atoms with van der Waals surface area (Å²) in [4.78, 5) is 12.2. The third kappa shape index (κ3) is 4.66. The third-order valence-electron chi connectivity index (χ3n) is 4.66. The molecule has 3 rings (SSSR count). The molecular weight excluding hydrogens is 428 g/mol. The van der Waals surface area contributed by atoms with E-state index in [4.69, 9.17) is 4.74 Å². The van der Waals surface area contributed by atoms with Crippen molar-refractivity contribution in [2.45, 2.75) is 25.2 Å². The Morgan fingerprint density at radius 1 is 1.17 bits per heavy atom. The van der Waals surface area contributed by atoms with Crippen LogP contribution < -0.4 is 13.8 Å². The Morgan fingerprint density at radius 3 is 2.47 bits per heavy atom. The Morgan fingerprint density at radius 2 is 1.87 bits per heavy atom. The lowest BCUT2D eigenvalue weighted by Gasteiger charge is -2.18. The largest absolute Gasteiger partial charge is 0.492 e. The first-order valence-corrected chi connectivity index (χ1v) is 12.6. The molecule has 30 heavy (non-hydrogen) atoms. The molecule has 0 radical (unpaired) electrons. The van der Waals surface area contributed by atoms with Gasteiger partial charge in [0.2, 0.25) is 26.0 Å². The average Bonchev–Trinajstić information content (AvgIpc) is 2.90. The highest BCUT2D eigenvalue weighted by atomic mass is 32.2. The predicted octanol–water partition coefficient (Wildman–Crippen LogP) is 1.92. The van der Waals surface area contributed by atoms with Gasteiger partial charge < -0.3 is 4.74 Å². The van der Waals surface area contributed by atoms with Crippen LogP contribution in [-0.4, -0.2) is 41.6 Å². The molecule has 0 bridgehead atoms. The molecule has 0 aliphatic carbocycles. The minimum Gasteiger partial charge on any atom is -0.492 e. The van der Waals surface area contributed by atoms with Crippen molar-refractivity contribution in [3.05, 3.63) is 54.1 Å². The van der Waals surface area contributed by atoms with Crippen LogP contribution in [-0.2, 0) is 31.3 Å². The zero-order valence-electron chi connectivity index (χ0n) is 16.7. The van der Waals surface area contributed by atoms with Crippen LogP contribution >= 0.6 is 0 Å². The van der Waals surface area contributed by atoms with Crippen molar-refractivity contribution < 1.29 is 26.4 Å². The summed E-state index contributed by atoms with van der Waals surface area (Å²) in [6.45, 7) is 3.62. The van der Waals surface area contributed by atoms with Gasteiger partial charge in [0.15, 0.2) is 0 Å². The summed E-state index contributed by atoms with van der Waals surface area (Å²) < 4.78 is 59.3. The zero-order valence-corrected chi connectivity index (χ0v) is 18.4. The lowest BCUT2D eigenvalue weighted by molar-refractivity contribution is -0.119. The zero-order chi connectivity index (χ0) is 21.9. The molecular formula is C20H24N2O6S2. The summed E-state index contributed by atoms with van der Waals surface area (Å²) in [7, 11) is -7.86. The molecule has 2 aromatic carbocycles. The van der Waals surface area contributed by atoms with Gasteiger partial charge in [-0.15, -0.1) is 0 Å². The maximum atomic E-state index is 12.9. The van der Waals surface area contributed by atoms with E-state index in [1.807, 2.05) is 30.3 Å². The van der Waals surface area contributed by atoms with Gasteiger partial charge >= 0.3 is 0 Å². The van der Waals surface area contributed by atoms with Crippen molar-refractivity contribution in [3.8, 4) is 5.75 Å². The molecule has 1 fully saturated rings. The quantitative estimate of drug-likeness (QED) is 0.655. The van der Waals surface area contributed by atoms with Crippen LogP contribution in [0, 0.1) is 5.92 Å². The van der Waals surface area contributed by atoms with Gasteiger partial charge in [-0.2, -0.15) is 0 Å². The molecule has 1 N–H and O–H groups in total. The molecule has 10 heteroatoms. The van der Waals surface area contributed by atoms with Crippen molar-refractivity contribution in [1.82, 2.24) is 4.72 Å². The average molecular weight is 453 g/mol. The van der Waals surface area contributed by atoms with E-state index >= 15 is 0 Å². The van der Waals surface area contributed by atoms with E-state index in [0.29, 0.717) is 10.7 Å². The van der Waals surface area contributed by atoms with E-state index in [1.54, 1.807) is 6.92 Å². The number of nitrogens with one attached hydrogen (secondary N) is 1. The van der Waals surface area contributed by atoms with Gasteiger partial charge in [0, 0.05) is 6.54 Å². The smallest absolute Gasteiger partial charge is 0.244 e. The first-order chi connectivity index (χ1) is 14.2. The number of benzene rings is 2. The molecule has 0 saturated carbocycles. The van der Waals surface area contributed by atoms with Crippen LogP contribution in [0.2, 0.25) is 0 Å². The molecule has 1 aliphatic rings. The van der Waals surface area contributed by atoms with Crippen molar-refractivity contribution in [3.63, 3.8) is 0 Å². The van der Waals surface area contributed by atoms with Crippen LogP contribution in [0.1, 0.15) is 19.4 Å². The summed E-state index contributed by atoms with van der Waals surface area (Å²) in [5, 5.41) is 0. The van der Waals surface area contributed by atoms with Crippen LogP contribution in [0.15, 0.2) is 53.4 Å². The number of rotatable bonds is 8. The standard InChI is InChI=1S/C20H24N2O6S2/c1-3-28-18-10-9-17(22-20(23)15(2)14-29(22,24)25)13-19(18)30(26,27)21-12-11-16-7-5-4-6-8-16/h4-10,13,15,21H,3,11-12,14H2,1-2H3. The van der Waals surface area contributed by atoms with Gasteiger partial charge in [0.1, 0.15) is 10.6 Å². The number of ether oxygens (including phenoxy) is 1. The van der Waals surface area contributed by atoms with Gasteiger partial charge in [-0.25, -0.2) is 25.9 Å². The number of sulfonamides is 2. The number of carbonyl (C=O) groups is 1. The SMILES string of the molecule is CCOc1ccc(N2C(=O)C(C)CS2(=O)=O)cc1S(=O)(=O)NCCc1ccccc1. The topological polar surface area (TPSA) is 110 Å². The maximum absolute atomic E-state index is 12.9. The Balaban J connectivity index is 1.91. The molecule has 1 aliphatic heterocycles. The molecule has 8 nitrogen and oxygen atoms in total. The first kappa shape index (κ1) is 22.3. The van der Waals surface area contributed by atoms with Gasteiger partial charge in [0.25, 0.3) is 0 Å². The summed E-state index contributed by atoms with van der Waals surface area (Å²) in [6, 6.07) is 13.3. The number of nitrogens with zero attached hydrogens (tertiary/aromatic N) is 1. The summed E-state index contributed by atoms with van der Waals surface area (Å²) >= 11 is 0. The lowest BCUT2D eigenvalue weighted by atomic mass is 10.2. The molecule has 1 unspecified atom stereocenters. The number of carbonyl (C=O) groups excluding carboxylic acids is 1. The highest BCUT2D eigenvalue weighted by Crippen LogP contribution is 2.34. The number of hydrogen-bond acceptors (Lipinski definition) is 6. The minimum absolute atomic E-state index is 0.0174. The second kappa shape index (κ2) is 8.75. The van der Waals surface area contributed by atoms with Crippen molar-refractivity contribution >= 4 is 31.6 Å². The number of anilines is 1. The van der Waals surface area contributed by atoms with Crippen LogP contribution in [0.3, 0.4) is 0 Å². The fourth-order valence-electron chi connectivity index (χ4n) is 3.25. The van der Waals surface area contributed by atoms with Gasteiger partial charge in [-0.1, -0.05) is 37.3 Å². The third-order valence-corrected chi connectivity index (χ3v) is 8.01. The van der Waals surface area contributed by atoms with E-state index < -0.39 is 31.9 Å². The van der Waals surface area contributed by atoms with E-state index in [1.165, 1.54) is 25.1 Å². The first-order valence-electron chi connectivity index (χ1n) is 9.53. The minimum atomic E-state index is -4.01. The number of hydrogen-bond donors (Lipinski definition) is 1. The Labute approximate surface area is 177 Å². The fourth-order valence-corrected chi connectivity index (χ4v) is 6.25. The second-order valence-electron chi connectivity index (χ2n) is 6.98. The van der Waals surface area contributed by atoms with Gasteiger partial charge in [0.05, 0.1) is 24.0 Å². The Hall–Kier alpha value is -2.43. The predicted molar refractivity (Wildman–Crippen MR) is 113 cm³/mol. The molecule has 0 aromatic heterocycles. The van der Waals surface area contributed by atoms with E-state index in [0.717, 1.165) is 5.56 Å². The van der Waals surface area contributed by atoms with Crippen molar-refractivity contribution in [2.24, 2.45) is 5.92 Å².